The van der Waals surface area contributed by atoms with E-state index in [9.17, 15) is 9.59 Å². The van der Waals surface area contributed by atoms with Gasteiger partial charge in [0.1, 0.15) is 5.60 Å². The fourth-order valence-corrected chi connectivity index (χ4v) is 1.12. The number of carbonyl (C=O) groups excluding carboxylic acids is 2. The normalized spacial score (nSPS) is 17.1. The lowest BCUT2D eigenvalue weighted by atomic mass is 10.00. The van der Waals surface area contributed by atoms with Crippen LogP contribution in [0.2, 0.25) is 0 Å². The van der Waals surface area contributed by atoms with Crippen molar-refractivity contribution in [3.8, 4) is 11.8 Å². The van der Waals surface area contributed by atoms with Crippen LogP contribution in [0, 0.1) is 17.8 Å². The van der Waals surface area contributed by atoms with Crippen LogP contribution in [0.15, 0.2) is 0 Å². The monoisotopic (exact) mass is 256 g/mol. The number of esters is 1. The molecule has 0 aromatic rings. The lowest BCUT2D eigenvalue weighted by molar-refractivity contribution is -0.151. The predicted molar refractivity (Wildman–Crippen MR) is 76.2 cm³/mol. The molecule has 0 aromatic carbocycles. The van der Waals surface area contributed by atoms with Crippen molar-refractivity contribution in [2.45, 2.75) is 66.9 Å². The van der Waals surface area contributed by atoms with Gasteiger partial charge in [-0.3, -0.25) is 9.59 Å². The van der Waals surface area contributed by atoms with E-state index in [0.29, 0.717) is 12.3 Å². The molecule has 0 N–H and O–H groups in total. The van der Waals surface area contributed by atoms with Gasteiger partial charge in [-0.1, -0.05) is 26.7 Å². The van der Waals surface area contributed by atoms with Crippen LogP contribution in [0.1, 0.15) is 62.7 Å². The number of ketones is 1. The van der Waals surface area contributed by atoms with Gasteiger partial charge < -0.3 is 4.74 Å². The molecule has 0 heterocycles. The van der Waals surface area contributed by atoms with Crippen molar-refractivity contribution < 1.29 is 15.8 Å². The van der Waals surface area contributed by atoms with Crippen molar-refractivity contribution in [1.29, 1.82) is 0 Å². The topological polar surface area (TPSA) is 43.4 Å². The van der Waals surface area contributed by atoms with E-state index < -0.39 is 0 Å². The van der Waals surface area contributed by atoms with E-state index in [4.69, 9.17) is 4.74 Å². The number of hydrogen-bond acceptors (Lipinski definition) is 3. The summed E-state index contributed by atoms with van der Waals surface area (Å²) in [7, 11) is 0. The van der Waals surface area contributed by atoms with E-state index in [-0.39, 0.29) is 18.8 Å². The Kier molecular flexibility index (Phi) is 10.3. The highest BCUT2D eigenvalue weighted by atomic mass is 16.6. The zero-order valence-corrected chi connectivity index (χ0v) is 12.7. The van der Waals surface area contributed by atoms with Gasteiger partial charge in [0.15, 0.2) is 0 Å². The third kappa shape index (κ3) is 14.7. The summed E-state index contributed by atoms with van der Waals surface area (Å²) >= 11 is 0. The molecule has 1 rings (SSSR count). The van der Waals surface area contributed by atoms with Gasteiger partial charge >= 0.3 is 5.97 Å². The van der Waals surface area contributed by atoms with Crippen LogP contribution < -0.4 is 0 Å². The minimum atomic E-state index is -0.328. The summed E-state index contributed by atoms with van der Waals surface area (Å²) in [5.41, 5.74) is -0.328. The van der Waals surface area contributed by atoms with Crippen LogP contribution >= 0.6 is 0 Å². The molecule has 0 aromatic heterocycles. The summed E-state index contributed by atoms with van der Waals surface area (Å²) in [6.45, 7) is 13.0. The fourth-order valence-electron chi connectivity index (χ4n) is 1.12. The number of carbonyl (C=O) groups is 2. The summed E-state index contributed by atoms with van der Waals surface area (Å²) < 4.78 is 4.80. The van der Waals surface area contributed by atoms with E-state index >= 15 is 0 Å². The van der Waals surface area contributed by atoms with E-state index in [1.165, 1.54) is 6.92 Å². The number of rotatable bonds is 0. The summed E-state index contributed by atoms with van der Waals surface area (Å²) in [5, 5.41) is 0. The lowest BCUT2D eigenvalue weighted by Gasteiger charge is -2.17. The average Bonchev–Trinajstić information content (AvgIpc) is 2.23. The molecule has 0 saturated carbocycles. The van der Waals surface area contributed by atoms with Gasteiger partial charge in [0.05, 0.1) is 0 Å². The van der Waals surface area contributed by atoms with Crippen molar-refractivity contribution >= 4 is 11.8 Å². The number of Topliss-reactive ketones (excluding diaryl/α,β-unsaturated/α-hetero) is 1. The molecule has 0 bridgehead atoms. The molecular formula is C15H28O3. The van der Waals surface area contributed by atoms with Crippen molar-refractivity contribution in [3.63, 3.8) is 0 Å². The Balaban J connectivity index is -0.000000228. The Morgan fingerprint density at radius 2 is 1.89 bits per heavy atom. The first kappa shape index (κ1) is 19.0. The maximum Gasteiger partial charge on any atom is 0.303 e. The van der Waals surface area contributed by atoms with Crippen LogP contribution in [-0.2, 0) is 14.3 Å². The van der Waals surface area contributed by atoms with Gasteiger partial charge in [-0.25, -0.2) is 0 Å². The quantitative estimate of drug-likeness (QED) is 0.378. The maximum atomic E-state index is 10.4. The van der Waals surface area contributed by atoms with Crippen molar-refractivity contribution in [3.05, 3.63) is 0 Å². The molecule has 0 spiro atoms. The Hall–Kier alpha value is -1.30. The first-order valence-electron chi connectivity index (χ1n) is 6.44. The van der Waals surface area contributed by atoms with Gasteiger partial charge in [0.25, 0.3) is 0 Å². The summed E-state index contributed by atoms with van der Waals surface area (Å²) in [6.07, 6.45) is 1.61. The number of ether oxygens (including phenoxy) is 1. The largest absolute Gasteiger partial charge is 0.460 e. The van der Waals surface area contributed by atoms with Crippen LogP contribution in [0.5, 0.6) is 0 Å². The molecule has 0 fully saturated rings. The Morgan fingerprint density at radius 1 is 1.39 bits per heavy atom. The van der Waals surface area contributed by atoms with Crippen LogP contribution in [0.4, 0.5) is 0 Å². The van der Waals surface area contributed by atoms with Crippen molar-refractivity contribution in [2.75, 3.05) is 0 Å². The predicted octanol–water partition coefficient (Wildman–Crippen LogP) is 3.61. The van der Waals surface area contributed by atoms with E-state index in [1.54, 1.807) is 0 Å². The van der Waals surface area contributed by atoms with E-state index in [1.807, 2.05) is 41.5 Å². The smallest absolute Gasteiger partial charge is 0.303 e. The van der Waals surface area contributed by atoms with Crippen molar-refractivity contribution in [2.24, 2.45) is 5.92 Å². The lowest BCUT2D eigenvalue weighted by Crippen LogP contribution is -2.21. The Bertz CT molecular complexity index is 319. The van der Waals surface area contributed by atoms with Gasteiger partial charge in [-0.15, -0.1) is 0 Å². The highest BCUT2D eigenvalue weighted by Crippen LogP contribution is 2.07. The van der Waals surface area contributed by atoms with Gasteiger partial charge in [-0.2, -0.15) is 0 Å². The van der Waals surface area contributed by atoms with Gasteiger partial charge in [-0.05, 0) is 33.1 Å². The Morgan fingerprint density at radius 3 is 2.06 bits per heavy atom. The molecule has 0 amide bonds. The summed E-state index contributed by atoms with van der Waals surface area (Å²) in [5.74, 6) is 5.69. The first-order chi connectivity index (χ1) is 8.20. The molecule has 1 atom stereocenters. The van der Waals surface area contributed by atoms with Crippen LogP contribution in [0.25, 0.3) is 0 Å². The summed E-state index contributed by atoms with van der Waals surface area (Å²) in [4.78, 5) is 20.7. The second-order valence-corrected chi connectivity index (χ2v) is 4.84. The second-order valence-electron chi connectivity index (χ2n) is 4.84. The molecule has 0 radical (unpaired) electrons. The summed E-state index contributed by atoms with van der Waals surface area (Å²) in [6, 6.07) is 0. The zero-order valence-electron chi connectivity index (χ0n) is 12.7. The standard InChI is InChI=1S/C7H8O.C6H12O2.C2H6.H2/c1-6-2-4-7(8)5-3-6;1-5(7)8-6(2,3)4;1-2;/h6H,2,4H2,1H3;1-4H3;1-2H3;1H. The Labute approximate surface area is 113 Å². The molecular weight excluding hydrogens is 228 g/mol. The third-order valence-electron chi connectivity index (χ3n) is 1.71. The van der Waals surface area contributed by atoms with E-state index in [0.717, 1.165) is 6.42 Å². The molecule has 18 heavy (non-hydrogen) atoms. The fraction of sp³-hybridized carbons (Fsp3) is 0.733. The molecule has 1 aliphatic rings. The molecule has 1 unspecified atom stereocenters. The zero-order chi connectivity index (χ0) is 14.8. The molecule has 3 nitrogen and oxygen atoms in total. The minimum absolute atomic E-state index is 0. The SMILES string of the molecule is CC.CC(=O)OC(C)(C)C.CC1C#CC(=O)CC1.[HH]. The van der Waals surface area contributed by atoms with Gasteiger partial charge in [0.2, 0.25) is 5.78 Å². The molecule has 3 heteroatoms. The maximum absolute atomic E-state index is 10.4. The number of hydrogen-bond donors (Lipinski definition) is 0. The highest BCUT2D eigenvalue weighted by Gasteiger charge is 2.11. The molecule has 0 saturated heterocycles. The second kappa shape index (κ2) is 9.70. The first-order valence-corrected chi connectivity index (χ1v) is 6.44. The molecule has 1 aliphatic carbocycles. The average molecular weight is 256 g/mol. The van der Waals surface area contributed by atoms with Gasteiger partial charge in [0, 0.05) is 20.7 Å². The van der Waals surface area contributed by atoms with E-state index in [2.05, 4.69) is 11.8 Å². The van der Waals surface area contributed by atoms with Crippen molar-refractivity contribution in [1.82, 2.24) is 0 Å². The molecule has 0 aliphatic heterocycles. The molecule has 106 valence electrons. The highest BCUT2D eigenvalue weighted by molar-refractivity contribution is 5.96. The minimum Gasteiger partial charge on any atom is -0.460 e. The van der Waals surface area contributed by atoms with Crippen LogP contribution in [0.3, 0.4) is 0 Å². The third-order valence-corrected chi connectivity index (χ3v) is 1.71. The van der Waals surface area contributed by atoms with Crippen LogP contribution in [-0.4, -0.2) is 17.4 Å².